The lowest BCUT2D eigenvalue weighted by Crippen LogP contribution is -2.38. The molecule has 3 rings (SSSR count). The molecule has 0 radical (unpaired) electrons. The highest BCUT2D eigenvalue weighted by molar-refractivity contribution is 7.89. The molecule has 1 heterocycles. The summed E-state index contributed by atoms with van der Waals surface area (Å²) >= 11 is 0. The molecule has 124 valence electrons. The molecule has 6 heteroatoms. The van der Waals surface area contributed by atoms with E-state index in [0.717, 1.165) is 31.2 Å². The Balaban J connectivity index is 1.77. The maximum Gasteiger partial charge on any atom is 0.240 e. The fourth-order valence-electron chi connectivity index (χ4n) is 2.87. The zero-order valence-electron chi connectivity index (χ0n) is 13.1. The number of nitrogens with one attached hydrogen (secondary N) is 1. The van der Waals surface area contributed by atoms with Gasteiger partial charge in [-0.2, -0.15) is 0 Å². The van der Waals surface area contributed by atoms with Crippen molar-refractivity contribution >= 4 is 10.0 Å². The Morgan fingerprint density at radius 1 is 1.22 bits per heavy atom. The van der Waals surface area contributed by atoms with Crippen LogP contribution in [0.1, 0.15) is 36.7 Å². The van der Waals surface area contributed by atoms with Crippen LogP contribution < -0.4 is 4.72 Å². The van der Waals surface area contributed by atoms with Crippen molar-refractivity contribution in [3.8, 4) is 0 Å². The van der Waals surface area contributed by atoms with Gasteiger partial charge in [0.15, 0.2) is 0 Å². The zero-order valence-corrected chi connectivity index (χ0v) is 13.9. The third-order valence-corrected chi connectivity index (χ3v) is 5.69. The first-order chi connectivity index (χ1) is 10.9. The Labute approximate surface area is 136 Å². The molecule has 0 bridgehead atoms. The van der Waals surface area contributed by atoms with E-state index < -0.39 is 15.6 Å². The van der Waals surface area contributed by atoms with Crippen LogP contribution in [0.2, 0.25) is 0 Å². The van der Waals surface area contributed by atoms with E-state index in [-0.39, 0.29) is 11.4 Å². The molecule has 1 aliphatic carbocycles. The van der Waals surface area contributed by atoms with E-state index in [1.54, 1.807) is 24.3 Å². The van der Waals surface area contributed by atoms with Crippen LogP contribution in [0, 0.1) is 0 Å². The average Bonchev–Trinajstić information content (AvgIpc) is 3.08. The zero-order chi connectivity index (χ0) is 16.5. The van der Waals surface area contributed by atoms with Gasteiger partial charge in [-0.25, -0.2) is 13.1 Å². The van der Waals surface area contributed by atoms with E-state index in [1.807, 2.05) is 6.07 Å². The third kappa shape index (κ3) is 3.49. The van der Waals surface area contributed by atoms with Crippen molar-refractivity contribution in [1.82, 2.24) is 4.72 Å². The van der Waals surface area contributed by atoms with E-state index in [2.05, 4.69) is 4.72 Å². The fourth-order valence-corrected chi connectivity index (χ4v) is 4.05. The summed E-state index contributed by atoms with van der Waals surface area (Å²) in [6, 6.07) is 8.55. The Morgan fingerprint density at radius 3 is 2.65 bits per heavy atom. The van der Waals surface area contributed by atoms with Crippen LogP contribution in [0.15, 0.2) is 45.9 Å². The van der Waals surface area contributed by atoms with Crippen molar-refractivity contribution in [2.45, 2.75) is 43.1 Å². The fraction of sp³-hybridized carbons (Fsp3) is 0.412. The molecule has 1 aliphatic rings. The first-order valence-corrected chi connectivity index (χ1v) is 9.25. The van der Waals surface area contributed by atoms with Crippen molar-refractivity contribution in [2.75, 3.05) is 6.54 Å². The molecule has 1 aromatic heterocycles. The minimum absolute atomic E-state index is 0.153. The molecule has 0 saturated carbocycles. The van der Waals surface area contributed by atoms with Crippen molar-refractivity contribution in [3.05, 3.63) is 53.5 Å². The second-order valence-corrected chi connectivity index (χ2v) is 7.98. The van der Waals surface area contributed by atoms with Gasteiger partial charge < -0.3 is 9.52 Å². The highest BCUT2D eigenvalue weighted by atomic mass is 32.2. The Hall–Kier alpha value is -1.63. The van der Waals surface area contributed by atoms with Gasteiger partial charge >= 0.3 is 0 Å². The molecule has 1 atom stereocenters. The first kappa shape index (κ1) is 16.2. The lowest BCUT2D eigenvalue weighted by Gasteiger charge is -2.22. The topological polar surface area (TPSA) is 79.5 Å². The number of rotatable bonds is 5. The minimum atomic E-state index is -3.67. The van der Waals surface area contributed by atoms with Gasteiger partial charge in [-0.15, -0.1) is 0 Å². The molecular formula is C17H21NO4S. The molecule has 2 N–H and O–H groups in total. The van der Waals surface area contributed by atoms with E-state index in [9.17, 15) is 13.5 Å². The van der Waals surface area contributed by atoms with Crippen molar-refractivity contribution in [2.24, 2.45) is 0 Å². The average molecular weight is 335 g/mol. The van der Waals surface area contributed by atoms with Crippen LogP contribution in [0.3, 0.4) is 0 Å². The quantitative estimate of drug-likeness (QED) is 0.879. The summed E-state index contributed by atoms with van der Waals surface area (Å²) in [5, 5.41) is 10.4. The smallest absolute Gasteiger partial charge is 0.240 e. The van der Waals surface area contributed by atoms with Crippen LogP contribution in [0.5, 0.6) is 0 Å². The summed E-state index contributed by atoms with van der Waals surface area (Å²) in [5.41, 5.74) is 0.944. The van der Waals surface area contributed by atoms with Gasteiger partial charge in [0.1, 0.15) is 11.4 Å². The number of furan rings is 1. The molecule has 23 heavy (non-hydrogen) atoms. The van der Waals surface area contributed by atoms with Crippen molar-refractivity contribution in [1.29, 1.82) is 0 Å². The number of benzene rings is 1. The Kier molecular flexibility index (Phi) is 4.31. The van der Waals surface area contributed by atoms with Gasteiger partial charge in [0.05, 0.1) is 11.2 Å². The maximum absolute atomic E-state index is 12.5. The third-order valence-electron chi connectivity index (χ3n) is 4.29. The Bertz CT molecular complexity index is 779. The molecule has 1 aromatic carbocycles. The first-order valence-electron chi connectivity index (χ1n) is 7.76. The summed E-state index contributed by atoms with van der Waals surface area (Å²) in [5.74, 6) is 0.325. The van der Waals surface area contributed by atoms with E-state index in [1.165, 1.54) is 18.8 Å². The van der Waals surface area contributed by atoms with Crippen LogP contribution >= 0.6 is 0 Å². The van der Waals surface area contributed by atoms with Gasteiger partial charge in [-0.3, -0.25) is 0 Å². The molecular weight excluding hydrogens is 314 g/mol. The minimum Gasteiger partial charge on any atom is -0.466 e. The van der Waals surface area contributed by atoms with E-state index in [4.69, 9.17) is 4.42 Å². The van der Waals surface area contributed by atoms with Crippen LogP contribution in [-0.4, -0.2) is 20.1 Å². The lowest BCUT2D eigenvalue weighted by molar-refractivity contribution is 0.0395. The van der Waals surface area contributed by atoms with Crippen LogP contribution in [0.4, 0.5) is 0 Å². The SMILES string of the molecule is C[C@](O)(CNS(=O)(=O)c1ccc2c(c1)CCCC2)c1ccco1. The van der Waals surface area contributed by atoms with E-state index in [0.29, 0.717) is 5.76 Å². The van der Waals surface area contributed by atoms with Crippen molar-refractivity contribution in [3.63, 3.8) is 0 Å². The van der Waals surface area contributed by atoms with E-state index >= 15 is 0 Å². The summed E-state index contributed by atoms with van der Waals surface area (Å²) in [4.78, 5) is 0.244. The number of fused-ring (bicyclic) bond motifs is 1. The largest absolute Gasteiger partial charge is 0.466 e. The summed E-state index contributed by atoms with van der Waals surface area (Å²) in [6.07, 6.45) is 5.63. The molecule has 0 spiro atoms. The number of sulfonamides is 1. The van der Waals surface area contributed by atoms with Gasteiger partial charge in [-0.05, 0) is 68.0 Å². The Morgan fingerprint density at radius 2 is 1.96 bits per heavy atom. The van der Waals surface area contributed by atoms with Crippen LogP contribution in [0.25, 0.3) is 0 Å². The van der Waals surface area contributed by atoms with Gasteiger partial charge in [0.25, 0.3) is 0 Å². The van der Waals surface area contributed by atoms with Gasteiger partial charge in [0, 0.05) is 6.54 Å². The van der Waals surface area contributed by atoms with Crippen molar-refractivity contribution < 1.29 is 17.9 Å². The maximum atomic E-state index is 12.5. The summed E-state index contributed by atoms with van der Waals surface area (Å²) in [7, 11) is -3.67. The number of aliphatic hydroxyl groups is 1. The monoisotopic (exact) mass is 335 g/mol. The number of hydrogen-bond donors (Lipinski definition) is 2. The van der Waals surface area contributed by atoms with Gasteiger partial charge in [-0.1, -0.05) is 6.07 Å². The van der Waals surface area contributed by atoms with Gasteiger partial charge in [0.2, 0.25) is 10.0 Å². The molecule has 0 fully saturated rings. The second kappa shape index (κ2) is 6.11. The predicted octanol–water partition coefficient (Wildman–Crippen LogP) is 2.34. The molecule has 0 amide bonds. The molecule has 0 aliphatic heterocycles. The summed E-state index contributed by atoms with van der Waals surface area (Å²) in [6.45, 7) is 1.36. The summed E-state index contributed by atoms with van der Waals surface area (Å²) < 4.78 is 32.6. The number of aryl methyl sites for hydroxylation is 2. The molecule has 0 unspecified atom stereocenters. The molecule has 2 aromatic rings. The highest BCUT2D eigenvalue weighted by Gasteiger charge is 2.29. The molecule has 0 saturated heterocycles. The lowest BCUT2D eigenvalue weighted by atomic mass is 9.92. The second-order valence-electron chi connectivity index (χ2n) is 6.21. The molecule has 5 nitrogen and oxygen atoms in total. The normalized spacial score (nSPS) is 17.5. The predicted molar refractivity (Wildman–Crippen MR) is 86.6 cm³/mol. The van der Waals surface area contributed by atoms with Crippen LogP contribution in [-0.2, 0) is 28.5 Å². The highest BCUT2D eigenvalue weighted by Crippen LogP contribution is 2.25. The number of hydrogen-bond acceptors (Lipinski definition) is 4. The standard InChI is InChI=1S/C17H21NO4S/c1-17(19,16-7-4-10-22-16)12-18-23(20,21)15-9-8-13-5-2-3-6-14(13)11-15/h4,7-11,18-19H,2-3,5-6,12H2,1H3/t17-/m0/s1.